The maximum Gasteiger partial charge on any atom is 0.435 e. The fraction of sp³-hybridized carbons (Fsp3) is 0.308. The van der Waals surface area contributed by atoms with Crippen LogP contribution in [0.2, 0.25) is 0 Å². The topological polar surface area (TPSA) is 54.0 Å². The maximum atomic E-state index is 14.6. The highest BCUT2D eigenvalue weighted by Gasteiger charge is 2.73. The van der Waals surface area contributed by atoms with Crippen molar-refractivity contribution in [3.8, 4) is 0 Å². The second-order valence-corrected chi connectivity index (χ2v) is 8.75. The summed E-state index contributed by atoms with van der Waals surface area (Å²) in [6.45, 7) is 2.22. The van der Waals surface area contributed by atoms with Crippen LogP contribution in [0.3, 0.4) is 0 Å². The quantitative estimate of drug-likeness (QED) is 0.277. The average Bonchev–Trinajstić information content (AvgIpc) is 2.86. The first-order valence-corrected chi connectivity index (χ1v) is 11.5. The molecule has 14 heteroatoms. The van der Waals surface area contributed by atoms with Crippen LogP contribution in [0.1, 0.15) is 45.1 Å². The first-order valence-electron chi connectivity index (χ1n) is 11.5. The van der Waals surface area contributed by atoms with Crippen molar-refractivity contribution >= 4 is 17.3 Å². The lowest BCUT2D eigenvalue weighted by Crippen LogP contribution is -2.50. The molecule has 0 saturated carbocycles. The number of benzene rings is 2. The van der Waals surface area contributed by atoms with Gasteiger partial charge < -0.3 is 10.6 Å². The number of alkyl halides is 10. The number of nitrogens with zero attached hydrogens (tertiary/aromatic N) is 1. The number of amides is 1. The third-order valence-corrected chi connectivity index (χ3v) is 6.03. The van der Waals surface area contributed by atoms with Crippen LogP contribution in [0.15, 0.2) is 54.9 Å². The van der Waals surface area contributed by atoms with E-state index in [4.69, 9.17) is 0 Å². The standard InChI is InChI=1S/C26H21F10N3O/c1-3-15-10-18(23(27,25(31,32)33)26(34,35)36)9-14(2)21(15)39-22(40)16-5-4-6-19(11-16)38-13-17-12-37-8-7-20(17)24(28,29)30/h4-12,38H,3,13H2,1-2H3,(H,39,40). The van der Waals surface area contributed by atoms with E-state index in [9.17, 15) is 48.7 Å². The number of carbonyl (C=O) groups is 1. The molecular weight excluding hydrogens is 560 g/mol. The minimum Gasteiger partial charge on any atom is -0.381 e. The molecule has 0 fully saturated rings. The van der Waals surface area contributed by atoms with E-state index in [-0.39, 0.29) is 46.6 Å². The Balaban J connectivity index is 1.88. The van der Waals surface area contributed by atoms with Gasteiger partial charge in [-0.3, -0.25) is 9.78 Å². The van der Waals surface area contributed by atoms with Crippen molar-refractivity contribution in [2.24, 2.45) is 0 Å². The van der Waals surface area contributed by atoms with E-state index in [2.05, 4.69) is 15.6 Å². The lowest BCUT2D eigenvalue weighted by molar-refractivity contribution is -0.348. The third-order valence-electron chi connectivity index (χ3n) is 6.03. The van der Waals surface area contributed by atoms with Gasteiger partial charge in [0.2, 0.25) is 0 Å². The van der Waals surface area contributed by atoms with Crippen molar-refractivity contribution < 1.29 is 48.7 Å². The first kappa shape index (κ1) is 30.7. The van der Waals surface area contributed by atoms with Gasteiger partial charge in [-0.2, -0.15) is 39.5 Å². The number of carbonyl (C=O) groups excluding carboxylic acids is 1. The molecule has 4 nitrogen and oxygen atoms in total. The van der Waals surface area contributed by atoms with Crippen molar-refractivity contribution in [2.75, 3.05) is 10.6 Å². The van der Waals surface area contributed by atoms with Gasteiger partial charge in [-0.15, -0.1) is 0 Å². The van der Waals surface area contributed by atoms with Gasteiger partial charge in [0.25, 0.3) is 5.91 Å². The smallest absolute Gasteiger partial charge is 0.381 e. The second-order valence-electron chi connectivity index (χ2n) is 8.75. The van der Waals surface area contributed by atoms with Gasteiger partial charge in [0, 0.05) is 47.0 Å². The van der Waals surface area contributed by atoms with Gasteiger partial charge in [-0.25, -0.2) is 4.39 Å². The number of halogens is 10. The Bertz CT molecular complexity index is 1370. The third kappa shape index (κ3) is 6.15. The Hall–Kier alpha value is -3.84. The summed E-state index contributed by atoms with van der Waals surface area (Å²) in [5.41, 5.74) is -8.66. The van der Waals surface area contributed by atoms with Crippen molar-refractivity contribution in [3.05, 3.63) is 88.2 Å². The van der Waals surface area contributed by atoms with Gasteiger partial charge in [-0.1, -0.05) is 19.1 Å². The molecule has 0 saturated heterocycles. The van der Waals surface area contributed by atoms with Gasteiger partial charge in [0.05, 0.1) is 5.56 Å². The summed E-state index contributed by atoms with van der Waals surface area (Å²) in [6, 6.07) is 7.10. The largest absolute Gasteiger partial charge is 0.435 e. The molecule has 2 N–H and O–H groups in total. The molecule has 3 rings (SSSR count). The van der Waals surface area contributed by atoms with Crippen LogP contribution in [0.5, 0.6) is 0 Å². The molecule has 3 aromatic rings. The SMILES string of the molecule is CCc1cc(C(F)(C(F)(F)F)C(F)(F)F)cc(C)c1NC(=O)c1cccc(NCc2cnccc2C(F)(F)F)c1. The van der Waals surface area contributed by atoms with Crippen LogP contribution >= 0.6 is 0 Å². The van der Waals surface area contributed by atoms with Gasteiger partial charge in [-0.05, 0) is 54.8 Å². The molecule has 2 aromatic carbocycles. The molecule has 0 aliphatic heterocycles. The molecule has 0 radical (unpaired) electrons. The lowest BCUT2D eigenvalue weighted by atomic mass is 9.89. The predicted molar refractivity (Wildman–Crippen MR) is 126 cm³/mol. The van der Waals surface area contributed by atoms with Crippen molar-refractivity contribution in [1.29, 1.82) is 0 Å². The number of pyridine rings is 1. The highest BCUT2D eigenvalue weighted by atomic mass is 19.4. The van der Waals surface area contributed by atoms with Crippen molar-refractivity contribution in [1.82, 2.24) is 4.98 Å². The summed E-state index contributed by atoms with van der Waals surface area (Å²) in [5, 5.41) is 5.17. The van der Waals surface area contributed by atoms with E-state index < -0.39 is 41.2 Å². The number of hydrogen-bond acceptors (Lipinski definition) is 3. The summed E-state index contributed by atoms with van der Waals surface area (Å²) < 4.78 is 134. The Morgan fingerprint density at radius 1 is 0.875 bits per heavy atom. The fourth-order valence-electron chi connectivity index (χ4n) is 4.00. The number of hydrogen-bond donors (Lipinski definition) is 2. The Morgan fingerprint density at radius 2 is 1.52 bits per heavy atom. The summed E-state index contributed by atoms with van der Waals surface area (Å²) in [4.78, 5) is 16.6. The zero-order valence-corrected chi connectivity index (χ0v) is 20.7. The fourth-order valence-corrected chi connectivity index (χ4v) is 4.00. The molecule has 0 atom stereocenters. The average molecular weight is 581 g/mol. The summed E-state index contributed by atoms with van der Waals surface area (Å²) >= 11 is 0. The molecule has 1 heterocycles. The van der Waals surface area contributed by atoms with Crippen LogP contribution in [0, 0.1) is 6.92 Å². The van der Waals surface area contributed by atoms with Crippen LogP contribution < -0.4 is 10.6 Å². The van der Waals surface area contributed by atoms with Gasteiger partial charge >= 0.3 is 24.2 Å². The van der Waals surface area contributed by atoms with Crippen LogP contribution in [0.4, 0.5) is 55.3 Å². The molecule has 0 bridgehead atoms. The van der Waals surface area contributed by atoms with Gasteiger partial charge in [0.1, 0.15) is 0 Å². The normalized spacial score (nSPS) is 12.8. The van der Waals surface area contributed by atoms with Crippen LogP contribution in [-0.4, -0.2) is 23.2 Å². The highest BCUT2D eigenvalue weighted by molar-refractivity contribution is 6.05. The summed E-state index contributed by atoms with van der Waals surface area (Å²) in [6.07, 6.45) is -15.3. The Kier molecular flexibility index (Phi) is 8.42. The number of rotatable bonds is 7. The van der Waals surface area contributed by atoms with E-state index in [0.29, 0.717) is 12.1 Å². The summed E-state index contributed by atoms with van der Waals surface area (Å²) in [5.74, 6) is -0.815. The Morgan fingerprint density at radius 3 is 2.10 bits per heavy atom. The number of anilines is 2. The van der Waals surface area contributed by atoms with E-state index in [0.717, 1.165) is 25.4 Å². The van der Waals surface area contributed by atoms with Crippen molar-refractivity contribution in [3.63, 3.8) is 0 Å². The van der Waals surface area contributed by atoms with E-state index >= 15 is 0 Å². The molecule has 0 aliphatic rings. The molecule has 0 aliphatic carbocycles. The monoisotopic (exact) mass is 581 g/mol. The van der Waals surface area contributed by atoms with Crippen LogP contribution in [0.25, 0.3) is 0 Å². The number of nitrogens with one attached hydrogen (secondary N) is 2. The van der Waals surface area contributed by atoms with E-state index in [1.165, 1.54) is 31.2 Å². The first-order chi connectivity index (χ1) is 18.4. The zero-order valence-electron chi connectivity index (χ0n) is 20.7. The van der Waals surface area contributed by atoms with E-state index in [1.54, 1.807) is 0 Å². The predicted octanol–water partition coefficient (Wildman–Crippen LogP) is 8.13. The summed E-state index contributed by atoms with van der Waals surface area (Å²) in [7, 11) is 0. The van der Waals surface area contributed by atoms with Crippen molar-refractivity contribution in [2.45, 2.75) is 51.0 Å². The zero-order chi connectivity index (χ0) is 30.1. The lowest BCUT2D eigenvalue weighted by Gasteiger charge is -2.31. The minimum absolute atomic E-state index is 0.0248. The molecule has 40 heavy (non-hydrogen) atoms. The highest BCUT2D eigenvalue weighted by Crippen LogP contribution is 2.54. The number of aromatic nitrogens is 1. The van der Waals surface area contributed by atoms with E-state index in [1.807, 2.05) is 0 Å². The van der Waals surface area contributed by atoms with Gasteiger partial charge in [0.15, 0.2) is 0 Å². The molecule has 1 amide bonds. The minimum atomic E-state index is -6.29. The molecule has 0 unspecified atom stereocenters. The Labute approximate surface area is 221 Å². The molecule has 1 aromatic heterocycles. The molecule has 0 spiro atoms. The number of aryl methyl sites for hydroxylation is 2. The molecular formula is C26H21F10N3O. The second kappa shape index (κ2) is 11.0. The maximum absolute atomic E-state index is 14.6. The van der Waals surface area contributed by atoms with Crippen LogP contribution in [-0.2, 0) is 24.8 Å². The molecule has 216 valence electrons.